The molecule has 3 aliphatic rings. The van der Waals surface area contributed by atoms with Crippen LogP contribution in [-0.4, -0.2) is 130 Å². The third-order valence-corrected chi connectivity index (χ3v) is 12.5. The number of fused-ring (bicyclic) bond motifs is 2. The van der Waals surface area contributed by atoms with Crippen molar-refractivity contribution >= 4 is 63.4 Å². The van der Waals surface area contributed by atoms with E-state index in [0.717, 1.165) is 10.9 Å². The van der Waals surface area contributed by atoms with Crippen LogP contribution in [-0.2, 0) is 50.5 Å². The predicted octanol–water partition coefficient (Wildman–Crippen LogP) is -1.70. The highest BCUT2D eigenvalue weighted by molar-refractivity contribution is 7.47. The monoisotopic (exact) mass is 949 g/mol. The van der Waals surface area contributed by atoms with Gasteiger partial charge in [-0.2, -0.15) is 9.97 Å². The number of phosphoric acid groups is 3. The minimum absolute atomic E-state index is 0.0510. The van der Waals surface area contributed by atoms with Crippen LogP contribution in [0.15, 0.2) is 40.8 Å². The van der Waals surface area contributed by atoms with Crippen LogP contribution in [0.3, 0.4) is 0 Å². The Kier molecular flexibility index (Phi) is 12.4. The minimum Gasteiger partial charge on any atom is -0.394 e. The zero-order valence-corrected chi connectivity index (χ0v) is 34.7. The first-order valence-electron chi connectivity index (χ1n) is 18.4. The first-order valence-corrected chi connectivity index (χ1v) is 22.9. The van der Waals surface area contributed by atoms with Crippen molar-refractivity contribution in [2.45, 2.75) is 74.6 Å². The number of phosphoric ester groups is 3. The molecule has 12 N–H and O–H groups in total. The maximum absolute atomic E-state index is 13.5. The third-order valence-electron chi connectivity index (χ3n) is 9.96. The van der Waals surface area contributed by atoms with Crippen LogP contribution in [0.1, 0.15) is 37.9 Å². The maximum atomic E-state index is 13.5. The fraction of sp³-hybridized carbons (Fsp3) is 0.517. The van der Waals surface area contributed by atoms with Crippen LogP contribution in [0.4, 0.5) is 17.6 Å². The van der Waals surface area contributed by atoms with Crippen molar-refractivity contribution in [2.24, 2.45) is 0 Å². The molecular weight excluding hydrogens is 911 g/mol. The molecule has 5 aromatic rings. The van der Waals surface area contributed by atoms with Gasteiger partial charge in [0.15, 0.2) is 22.6 Å². The summed E-state index contributed by atoms with van der Waals surface area (Å²) in [7, 11) is -15.5. The molecular formula is C29H38N13O18P3. The Labute approximate surface area is 350 Å². The molecule has 31 nitrogen and oxygen atoms in total. The number of H-pyrrole nitrogens is 1. The number of nitrogens with two attached hydrogens (primary N) is 3. The number of hydrogen-bond acceptors (Lipinski definition) is 23. The second-order valence-electron chi connectivity index (χ2n) is 14.1. The van der Waals surface area contributed by atoms with Crippen LogP contribution >= 0.6 is 23.5 Å². The summed E-state index contributed by atoms with van der Waals surface area (Å²) in [5.41, 5.74) is 16.0. The van der Waals surface area contributed by atoms with E-state index in [1.165, 1.54) is 34.1 Å². The van der Waals surface area contributed by atoms with Crippen molar-refractivity contribution in [3.8, 4) is 0 Å². The van der Waals surface area contributed by atoms with E-state index < -0.39 is 110 Å². The minimum atomic E-state index is -5.24. The highest BCUT2D eigenvalue weighted by Crippen LogP contribution is 2.52. The molecule has 342 valence electrons. The molecule has 3 fully saturated rings. The average molecular weight is 950 g/mol. The fourth-order valence-electron chi connectivity index (χ4n) is 7.20. The van der Waals surface area contributed by atoms with Gasteiger partial charge in [-0.3, -0.25) is 46.1 Å². The van der Waals surface area contributed by atoms with E-state index in [4.69, 9.17) is 54.0 Å². The Morgan fingerprint density at radius 3 is 1.84 bits per heavy atom. The average Bonchev–Trinajstić information content (AvgIpc) is 4.03. The van der Waals surface area contributed by atoms with Gasteiger partial charge < -0.3 is 56.1 Å². The second kappa shape index (κ2) is 17.4. The summed E-state index contributed by atoms with van der Waals surface area (Å²) in [5.74, 6) is -0.295. The molecule has 0 amide bonds. The molecule has 0 saturated carbocycles. The van der Waals surface area contributed by atoms with E-state index in [1.807, 2.05) is 0 Å². The molecule has 34 heteroatoms. The lowest BCUT2D eigenvalue weighted by atomic mass is 10.2. The normalized spacial score (nSPS) is 28.5. The van der Waals surface area contributed by atoms with Crippen molar-refractivity contribution in [1.29, 1.82) is 0 Å². The Bertz CT molecular complexity index is 2770. The van der Waals surface area contributed by atoms with Crippen LogP contribution < -0.4 is 28.5 Å². The molecule has 63 heavy (non-hydrogen) atoms. The third kappa shape index (κ3) is 9.88. The first kappa shape index (κ1) is 44.9. The Hall–Kier alpha value is -4.65. The molecule has 0 aliphatic carbocycles. The van der Waals surface area contributed by atoms with Crippen LogP contribution in [0, 0.1) is 0 Å². The summed E-state index contributed by atoms with van der Waals surface area (Å²) in [6.45, 7) is -2.39. The molecule has 3 aliphatic heterocycles. The van der Waals surface area contributed by atoms with Gasteiger partial charge in [-0.05, 0) is 6.07 Å². The molecule has 11 atom stereocenters. The van der Waals surface area contributed by atoms with Gasteiger partial charge in [0.05, 0.1) is 32.5 Å². The SMILES string of the molecule is Nc1ccn([C@H]2C[C@H](OP(=O)(O)OC[C@H]3O[C@@H](n4cnc5c(=O)[nH]c(N)nc54)C[C@@H]3OP(=O)(O)O)[C@@H](COP(=O)(O)O[C@H]3C[C@H](n4cnc5c(N)ncnc54)O[C@@H]3CO)O2)c(=O)n1. The van der Waals surface area contributed by atoms with Gasteiger partial charge in [-0.25, -0.2) is 38.4 Å². The summed E-state index contributed by atoms with van der Waals surface area (Å²) in [4.78, 5) is 92.1. The number of ether oxygens (including phenoxy) is 3. The van der Waals surface area contributed by atoms with E-state index >= 15 is 0 Å². The molecule has 0 radical (unpaired) electrons. The van der Waals surface area contributed by atoms with Crippen molar-refractivity contribution < 1.29 is 75.2 Å². The predicted molar refractivity (Wildman–Crippen MR) is 206 cm³/mol. The number of aromatic nitrogens is 10. The molecule has 5 aromatic heterocycles. The molecule has 3 saturated heterocycles. The lowest BCUT2D eigenvalue weighted by molar-refractivity contribution is -0.0607. The summed E-state index contributed by atoms with van der Waals surface area (Å²) in [5, 5.41) is 10.0. The number of aromatic amines is 1. The van der Waals surface area contributed by atoms with Crippen LogP contribution in [0.25, 0.3) is 22.3 Å². The van der Waals surface area contributed by atoms with E-state index in [2.05, 4.69) is 34.9 Å². The molecule has 2 unspecified atom stereocenters. The van der Waals surface area contributed by atoms with Gasteiger partial charge in [0.25, 0.3) is 5.56 Å². The lowest BCUT2D eigenvalue weighted by Gasteiger charge is -2.24. The van der Waals surface area contributed by atoms with E-state index in [9.17, 15) is 48.0 Å². The van der Waals surface area contributed by atoms with E-state index in [0.29, 0.717) is 0 Å². The standard InChI is InChI=1S/C29H38N13O18P3/c30-18-1-2-40(29(45)37-18)19-5-14(17(56-19)8-54-62(49,50)59-12-3-20(55-15(12)6-43)41-10-35-22-24(31)33-9-34-25(22)41)60-63(51,52)53-7-16-13(58-61(46,47)48)4-21(57-16)42-11-36-23-26(42)38-28(32)39-27(23)44/h1-2,9-17,19-21,43H,3-8H2,(H,49,50)(H,51,52)(H2,30,37,45)(H2,31,33,34)(H2,46,47,48)(H3,32,38,39,44)/t12-,13-,14-,15+,16+,17+,19+,20+,21+/m0/s1. The van der Waals surface area contributed by atoms with Crippen LogP contribution in [0.5, 0.6) is 0 Å². The largest absolute Gasteiger partial charge is 0.472 e. The number of hydrogen-bond donors (Lipinski definition) is 9. The Balaban J connectivity index is 0.955. The Morgan fingerprint density at radius 1 is 0.714 bits per heavy atom. The first-order chi connectivity index (χ1) is 29.8. The highest BCUT2D eigenvalue weighted by atomic mass is 31.2. The highest BCUT2D eigenvalue weighted by Gasteiger charge is 2.47. The fourth-order valence-corrected chi connectivity index (χ4v) is 9.70. The molecule has 8 rings (SSSR count). The number of nitrogen functional groups attached to an aromatic ring is 3. The number of imidazole rings is 2. The zero-order chi connectivity index (χ0) is 45.0. The molecule has 0 bridgehead atoms. The number of aliphatic hydroxyl groups excluding tert-OH is 1. The molecule has 0 aromatic carbocycles. The number of nitrogens with one attached hydrogen (secondary N) is 1. The topological polar surface area (TPSA) is 446 Å². The zero-order valence-electron chi connectivity index (χ0n) is 32.0. The Morgan fingerprint density at radius 2 is 1.25 bits per heavy atom. The smallest absolute Gasteiger partial charge is 0.394 e. The van der Waals surface area contributed by atoms with E-state index in [-0.39, 0.29) is 59.2 Å². The van der Waals surface area contributed by atoms with Gasteiger partial charge in [-0.15, -0.1) is 0 Å². The summed E-state index contributed by atoms with van der Waals surface area (Å²) in [6.07, 6.45) is -7.49. The van der Waals surface area contributed by atoms with Gasteiger partial charge in [0.1, 0.15) is 73.0 Å². The number of rotatable bonds is 16. The van der Waals surface area contributed by atoms with Gasteiger partial charge in [0.2, 0.25) is 5.95 Å². The van der Waals surface area contributed by atoms with Crippen molar-refractivity contribution in [2.75, 3.05) is 37.0 Å². The lowest BCUT2D eigenvalue weighted by Crippen LogP contribution is -2.31. The number of aliphatic hydroxyl groups is 1. The number of anilines is 3. The summed E-state index contributed by atoms with van der Waals surface area (Å²) in [6, 6.07) is 1.27. The van der Waals surface area contributed by atoms with Gasteiger partial charge in [0, 0.05) is 25.5 Å². The van der Waals surface area contributed by atoms with E-state index in [1.54, 1.807) is 0 Å². The number of nitrogens with zero attached hydrogens (tertiary/aromatic N) is 9. The molecule has 8 heterocycles. The van der Waals surface area contributed by atoms with Gasteiger partial charge >= 0.3 is 29.2 Å². The van der Waals surface area contributed by atoms with Crippen LogP contribution in [0.2, 0.25) is 0 Å². The quantitative estimate of drug-likeness (QED) is 0.0498. The maximum Gasteiger partial charge on any atom is 0.472 e. The summed E-state index contributed by atoms with van der Waals surface area (Å²) < 4.78 is 86.2. The summed E-state index contributed by atoms with van der Waals surface area (Å²) >= 11 is 0. The van der Waals surface area contributed by atoms with Crippen molar-refractivity contribution in [3.63, 3.8) is 0 Å². The van der Waals surface area contributed by atoms with Crippen molar-refractivity contribution in [1.82, 2.24) is 48.6 Å². The second-order valence-corrected chi connectivity index (χ2v) is 18.1. The van der Waals surface area contributed by atoms with Gasteiger partial charge in [-0.1, -0.05) is 0 Å². The van der Waals surface area contributed by atoms with Crippen molar-refractivity contribution in [3.05, 3.63) is 52.1 Å². The molecule has 0 spiro atoms.